The second-order valence-electron chi connectivity index (χ2n) is 5.35. The van der Waals surface area contributed by atoms with Crippen molar-refractivity contribution in [1.82, 2.24) is 15.2 Å². The van der Waals surface area contributed by atoms with Gasteiger partial charge < -0.3 is 10.1 Å². The Morgan fingerprint density at radius 1 is 1.43 bits per heavy atom. The molecule has 0 unspecified atom stereocenters. The molecule has 1 aliphatic rings. The Morgan fingerprint density at radius 2 is 2.14 bits per heavy atom. The van der Waals surface area contributed by atoms with Gasteiger partial charge >= 0.3 is 0 Å². The maximum absolute atomic E-state index is 11.9. The fraction of sp³-hybridized carbons (Fsp3) is 0.733. The molecule has 1 aromatic rings. The molecule has 1 amide bonds. The quantitative estimate of drug-likeness (QED) is 0.837. The monoisotopic (exact) mass is 311 g/mol. The molecule has 0 aliphatic carbocycles. The summed E-state index contributed by atoms with van der Waals surface area (Å²) in [6.45, 7) is 9.08. The van der Waals surface area contributed by atoms with Crippen LogP contribution in [0.25, 0.3) is 0 Å². The van der Waals surface area contributed by atoms with E-state index in [1.807, 2.05) is 0 Å². The van der Waals surface area contributed by atoms with Gasteiger partial charge in [-0.15, -0.1) is 11.3 Å². The Bertz CT molecular complexity index is 440. The summed E-state index contributed by atoms with van der Waals surface area (Å²) in [6.07, 6.45) is 1.78. The Hall–Kier alpha value is -0.980. The van der Waals surface area contributed by atoms with Crippen LogP contribution in [0, 0.1) is 5.92 Å². The third-order valence-electron chi connectivity index (χ3n) is 3.86. The highest BCUT2D eigenvalue weighted by molar-refractivity contribution is 7.09. The third-order valence-corrected chi connectivity index (χ3v) is 4.76. The minimum absolute atomic E-state index is 0.123. The topological polar surface area (TPSA) is 54.5 Å². The molecule has 21 heavy (non-hydrogen) atoms. The lowest BCUT2D eigenvalue weighted by atomic mass is 10.0. The van der Waals surface area contributed by atoms with Gasteiger partial charge in [0.15, 0.2) is 0 Å². The highest BCUT2D eigenvalue weighted by Gasteiger charge is 2.15. The van der Waals surface area contributed by atoms with Gasteiger partial charge in [-0.2, -0.15) is 0 Å². The zero-order chi connectivity index (χ0) is 15.1. The zero-order valence-electron chi connectivity index (χ0n) is 12.9. The van der Waals surface area contributed by atoms with Crippen molar-refractivity contribution in [3.8, 4) is 0 Å². The lowest BCUT2D eigenvalue weighted by Gasteiger charge is -2.25. The fourth-order valence-corrected chi connectivity index (χ4v) is 3.18. The first-order chi connectivity index (χ1) is 10.2. The van der Waals surface area contributed by atoms with Crippen LogP contribution in [-0.2, 0) is 22.6 Å². The first kappa shape index (κ1) is 16.4. The summed E-state index contributed by atoms with van der Waals surface area (Å²) < 4.78 is 5.34. The van der Waals surface area contributed by atoms with Crippen LogP contribution >= 0.6 is 11.3 Å². The predicted octanol–water partition coefficient (Wildman–Crippen LogP) is 2.03. The van der Waals surface area contributed by atoms with Crippen molar-refractivity contribution in [3.63, 3.8) is 0 Å². The van der Waals surface area contributed by atoms with Crippen molar-refractivity contribution in [1.29, 1.82) is 0 Å². The molecule has 0 aromatic carbocycles. The van der Waals surface area contributed by atoms with Crippen molar-refractivity contribution in [2.75, 3.05) is 26.3 Å². The molecule has 1 aromatic heterocycles. The summed E-state index contributed by atoms with van der Waals surface area (Å²) in [6, 6.07) is 0. The third kappa shape index (κ3) is 5.05. The number of thiazole rings is 1. The SMILES string of the molecule is CCC(CC)C(=O)NCc1nc(CN2CCOCC2)cs1. The van der Waals surface area contributed by atoms with Gasteiger partial charge in [0.25, 0.3) is 0 Å². The largest absolute Gasteiger partial charge is 0.379 e. The molecule has 0 bridgehead atoms. The molecule has 118 valence electrons. The summed E-state index contributed by atoms with van der Waals surface area (Å²) in [5.74, 6) is 0.266. The number of carbonyl (C=O) groups is 1. The molecule has 2 heterocycles. The molecule has 0 atom stereocenters. The molecular weight excluding hydrogens is 286 g/mol. The second-order valence-corrected chi connectivity index (χ2v) is 6.29. The average Bonchev–Trinajstić information content (AvgIpc) is 2.95. The molecule has 0 saturated carbocycles. The molecule has 1 N–H and O–H groups in total. The number of hydrogen-bond donors (Lipinski definition) is 1. The van der Waals surface area contributed by atoms with E-state index in [2.05, 4.69) is 34.4 Å². The van der Waals surface area contributed by atoms with Crippen molar-refractivity contribution in [2.45, 2.75) is 39.8 Å². The average molecular weight is 311 g/mol. The number of carbonyl (C=O) groups excluding carboxylic acids is 1. The summed E-state index contributed by atoms with van der Waals surface area (Å²) in [4.78, 5) is 18.9. The maximum atomic E-state index is 11.9. The molecule has 0 spiro atoms. The van der Waals surface area contributed by atoms with Crippen LogP contribution in [-0.4, -0.2) is 42.1 Å². The van der Waals surface area contributed by atoms with Crippen molar-refractivity contribution < 1.29 is 9.53 Å². The smallest absolute Gasteiger partial charge is 0.223 e. The summed E-state index contributed by atoms with van der Waals surface area (Å²) >= 11 is 1.62. The lowest BCUT2D eigenvalue weighted by molar-refractivity contribution is -0.125. The second kappa shape index (κ2) is 8.46. The van der Waals surface area contributed by atoms with E-state index >= 15 is 0 Å². The van der Waals surface area contributed by atoms with Crippen LogP contribution in [0.15, 0.2) is 5.38 Å². The normalized spacial score (nSPS) is 16.3. The number of amides is 1. The van der Waals surface area contributed by atoms with Crippen molar-refractivity contribution >= 4 is 17.2 Å². The van der Waals surface area contributed by atoms with Crippen LogP contribution in [0.4, 0.5) is 0 Å². The van der Waals surface area contributed by atoms with E-state index in [1.165, 1.54) is 0 Å². The number of aromatic nitrogens is 1. The van der Waals surface area contributed by atoms with Gasteiger partial charge in [0.2, 0.25) is 5.91 Å². The van der Waals surface area contributed by atoms with E-state index < -0.39 is 0 Å². The number of morpholine rings is 1. The minimum Gasteiger partial charge on any atom is -0.379 e. The van der Waals surface area contributed by atoms with Crippen LogP contribution in [0.3, 0.4) is 0 Å². The maximum Gasteiger partial charge on any atom is 0.223 e. The Balaban J connectivity index is 1.78. The number of nitrogens with zero attached hydrogens (tertiary/aromatic N) is 2. The Morgan fingerprint density at radius 3 is 2.81 bits per heavy atom. The Kier molecular flexibility index (Phi) is 6.60. The number of hydrogen-bond acceptors (Lipinski definition) is 5. The van der Waals surface area contributed by atoms with Crippen LogP contribution < -0.4 is 5.32 Å². The zero-order valence-corrected chi connectivity index (χ0v) is 13.7. The van der Waals surface area contributed by atoms with E-state index in [0.717, 1.165) is 56.4 Å². The molecule has 1 aliphatic heterocycles. The Labute approximate surface area is 130 Å². The van der Waals surface area contributed by atoms with Gasteiger partial charge in [-0.25, -0.2) is 4.98 Å². The van der Waals surface area contributed by atoms with Crippen molar-refractivity contribution in [3.05, 3.63) is 16.1 Å². The number of rotatable bonds is 7. The standard InChI is InChI=1S/C15H25N3O2S/c1-3-12(4-2)15(19)16-9-14-17-13(11-21-14)10-18-5-7-20-8-6-18/h11-12H,3-10H2,1-2H3,(H,16,19). The van der Waals surface area contributed by atoms with Gasteiger partial charge in [-0.3, -0.25) is 9.69 Å². The van der Waals surface area contributed by atoms with E-state index in [0.29, 0.717) is 6.54 Å². The summed E-state index contributed by atoms with van der Waals surface area (Å²) in [5.41, 5.74) is 1.09. The van der Waals surface area contributed by atoms with Crippen LogP contribution in [0.2, 0.25) is 0 Å². The molecule has 6 heteroatoms. The molecular formula is C15H25N3O2S. The van der Waals surface area contributed by atoms with Crippen molar-refractivity contribution in [2.24, 2.45) is 5.92 Å². The molecule has 5 nitrogen and oxygen atoms in total. The summed E-state index contributed by atoms with van der Waals surface area (Å²) in [7, 11) is 0. The van der Waals surface area contributed by atoms with Crippen LogP contribution in [0.1, 0.15) is 37.4 Å². The lowest BCUT2D eigenvalue weighted by Crippen LogP contribution is -2.35. The highest BCUT2D eigenvalue weighted by atomic mass is 32.1. The molecule has 1 fully saturated rings. The van der Waals surface area contributed by atoms with Crippen LogP contribution in [0.5, 0.6) is 0 Å². The highest BCUT2D eigenvalue weighted by Crippen LogP contribution is 2.13. The predicted molar refractivity (Wildman–Crippen MR) is 84.1 cm³/mol. The van der Waals surface area contributed by atoms with E-state index in [4.69, 9.17) is 4.74 Å². The first-order valence-corrected chi connectivity index (χ1v) is 8.62. The van der Waals surface area contributed by atoms with Gasteiger partial charge in [0.1, 0.15) is 5.01 Å². The molecule has 0 radical (unpaired) electrons. The van der Waals surface area contributed by atoms with Gasteiger partial charge in [-0.1, -0.05) is 13.8 Å². The summed E-state index contributed by atoms with van der Waals surface area (Å²) in [5, 5.41) is 6.07. The molecule has 2 rings (SSSR count). The van der Waals surface area contributed by atoms with Gasteiger partial charge in [0, 0.05) is 30.9 Å². The van der Waals surface area contributed by atoms with E-state index in [9.17, 15) is 4.79 Å². The van der Waals surface area contributed by atoms with Gasteiger partial charge in [-0.05, 0) is 12.8 Å². The minimum atomic E-state index is 0.123. The van der Waals surface area contributed by atoms with E-state index in [1.54, 1.807) is 11.3 Å². The van der Waals surface area contributed by atoms with E-state index in [-0.39, 0.29) is 11.8 Å². The number of ether oxygens (including phenoxy) is 1. The fourth-order valence-electron chi connectivity index (χ4n) is 2.46. The number of nitrogens with one attached hydrogen (secondary N) is 1. The first-order valence-electron chi connectivity index (χ1n) is 7.74. The molecule has 1 saturated heterocycles. The van der Waals surface area contributed by atoms with Gasteiger partial charge in [0.05, 0.1) is 25.5 Å².